The molecule has 5 nitrogen and oxygen atoms in total. The summed E-state index contributed by atoms with van der Waals surface area (Å²) in [6.07, 6.45) is 0. The van der Waals surface area contributed by atoms with Crippen LogP contribution in [-0.2, 0) is 19.1 Å². The van der Waals surface area contributed by atoms with Crippen molar-refractivity contribution in [2.45, 2.75) is 19.9 Å². The van der Waals surface area contributed by atoms with Gasteiger partial charge >= 0.3 is 5.97 Å². The van der Waals surface area contributed by atoms with Gasteiger partial charge in [0, 0.05) is 7.11 Å². The van der Waals surface area contributed by atoms with Crippen LogP contribution in [0, 0.1) is 5.92 Å². The van der Waals surface area contributed by atoms with Crippen molar-refractivity contribution < 1.29 is 19.1 Å². The summed E-state index contributed by atoms with van der Waals surface area (Å²) in [5, 5.41) is 2.53. The SMILES string of the molecule is COCC(=O)N[C@H](C(=O)OC)C(C)C. The lowest BCUT2D eigenvalue weighted by Crippen LogP contribution is -2.46. The Balaban J connectivity index is 4.23. The van der Waals surface area contributed by atoms with Crippen LogP contribution >= 0.6 is 0 Å². The first-order valence-electron chi connectivity index (χ1n) is 4.39. The van der Waals surface area contributed by atoms with E-state index in [0.29, 0.717) is 0 Å². The van der Waals surface area contributed by atoms with Gasteiger partial charge in [0.25, 0.3) is 0 Å². The molecular weight excluding hydrogens is 186 g/mol. The van der Waals surface area contributed by atoms with Crippen molar-refractivity contribution in [2.24, 2.45) is 5.92 Å². The molecule has 0 radical (unpaired) electrons. The van der Waals surface area contributed by atoms with Crippen LogP contribution in [0.5, 0.6) is 0 Å². The number of rotatable bonds is 5. The van der Waals surface area contributed by atoms with Gasteiger partial charge in [0.1, 0.15) is 12.6 Å². The zero-order chi connectivity index (χ0) is 11.1. The minimum atomic E-state index is -0.609. The summed E-state index contributed by atoms with van der Waals surface area (Å²) >= 11 is 0. The third kappa shape index (κ3) is 4.23. The molecule has 1 amide bonds. The van der Waals surface area contributed by atoms with Gasteiger partial charge in [-0.1, -0.05) is 13.8 Å². The third-order valence-electron chi connectivity index (χ3n) is 1.71. The van der Waals surface area contributed by atoms with Crippen molar-refractivity contribution in [3.8, 4) is 0 Å². The standard InChI is InChI=1S/C9H17NO4/c1-6(2)8(9(12)14-4)10-7(11)5-13-3/h6,8H,5H2,1-4H3,(H,10,11)/t8-/m0/s1. The van der Waals surface area contributed by atoms with Crippen molar-refractivity contribution in [3.63, 3.8) is 0 Å². The van der Waals surface area contributed by atoms with Crippen molar-refractivity contribution in [1.29, 1.82) is 0 Å². The van der Waals surface area contributed by atoms with Crippen LogP contribution < -0.4 is 5.32 Å². The van der Waals surface area contributed by atoms with Crippen molar-refractivity contribution >= 4 is 11.9 Å². The topological polar surface area (TPSA) is 64.6 Å². The molecule has 5 heteroatoms. The summed E-state index contributed by atoms with van der Waals surface area (Å²) in [4.78, 5) is 22.3. The maximum atomic E-state index is 11.2. The predicted octanol–water partition coefficient (Wildman–Crippen LogP) is -0.0534. The van der Waals surface area contributed by atoms with E-state index in [1.807, 2.05) is 13.8 Å². The van der Waals surface area contributed by atoms with Crippen LogP contribution in [0.1, 0.15) is 13.8 Å². The number of nitrogens with one attached hydrogen (secondary N) is 1. The second-order valence-corrected chi connectivity index (χ2v) is 3.25. The fraction of sp³-hybridized carbons (Fsp3) is 0.778. The second-order valence-electron chi connectivity index (χ2n) is 3.25. The minimum Gasteiger partial charge on any atom is -0.467 e. The van der Waals surface area contributed by atoms with E-state index in [2.05, 4.69) is 14.8 Å². The maximum absolute atomic E-state index is 11.2. The lowest BCUT2D eigenvalue weighted by Gasteiger charge is -2.19. The Hall–Kier alpha value is -1.10. The summed E-state index contributed by atoms with van der Waals surface area (Å²) < 4.78 is 9.19. The molecule has 0 aliphatic heterocycles. The number of esters is 1. The van der Waals surface area contributed by atoms with Crippen LogP contribution in [0.2, 0.25) is 0 Å². The van der Waals surface area contributed by atoms with E-state index in [-0.39, 0.29) is 18.4 Å². The number of carbonyl (C=O) groups is 2. The summed E-state index contributed by atoms with van der Waals surface area (Å²) in [5.74, 6) is -0.774. The molecule has 0 bridgehead atoms. The van der Waals surface area contributed by atoms with E-state index in [1.165, 1.54) is 14.2 Å². The molecule has 0 saturated carbocycles. The average Bonchev–Trinajstić information content (AvgIpc) is 2.13. The van der Waals surface area contributed by atoms with Gasteiger partial charge in [0.05, 0.1) is 7.11 Å². The van der Waals surface area contributed by atoms with Crippen LogP contribution in [0.25, 0.3) is 0 Å². The number of methoxy groups -OCH3 is 2. The molecule has 0 aliphatic carbocycles. The zero-order valence-corrected chi connectivity index (χ0v) is 8.99. The molecule has 14 heavy (non-hydrogen) atoms. The monoisotopic (exact) mass is 203 g/mol. The Bertz CT molecular complexity index is 203. The molecule has 0 unspecified atom stereocenters. The van der Waals surface area contributed by atoms with E-state index in [0.717, 1.165) is 0 Å². The van der Waals surface area contributed by atoms with Gasteiger partial charge < -0.3 is 14.8 Å². The number of carbonyl (C=O) groups excluding carboxylic acids is 2. The maximum Gasteiger partial charge on any atom is 0.328 e. The molecule has 1 atom stereocenters. The number of ether oxygens (including phenoxy) is 2. The summed E-state index contributed by atoms with van der Waals surface area (Å²) in [6.45, 7) is 3.60. The molecule has 82 valence electrons. The summed E-state index contributed by atoms with van der Waals surface area (Å²) in [7, 11) is 2.71. The van der Waals surface area contributed by atoms with Gasteiger partial charge in [-0.3, -0.25) is 4.79 Å². The normalized spacial score (nSPS) is 12.4. The van der Waals surface area contributed by atoms with Gasteiger partial charge in [0.2, 0.25) is 5.91 Å². The van der Waals surface area contributed by atoms with Crippen LogP contribution in [-0.4, -0.2) is 38.7 Å². The first-order chi connectivity index (χ1) is 6.52. The Morgan fingerprint density at radius 1 is 1.29 bits per heavy atom. The lowest BCUT2D eigenvalue weighted by atomic mass is 10.0. The van der Waals surface area contributed by atoms with Crippen molar-refractivity contribution in [1.82, 2.24) is 5.32 Å². The first kappa shape index (κ1) is 12.9. The molecule has 0 saturated heterocycles. The molecule has 0 spiro atoms. The van der Waals surface area contributed by atoms with Gasteiger partial charge in [-0.05, 0) is 5.92 Å². The van der Waals surface area contributed by atoms with Gasteiger partial charge in [-0.2, -0.15) is 0 Å². The Labute approximate surface area is 83.8 Å². The summed E-state index contributed by atoms with van der Waals surface area (Å²) in [5.41, 5.74) is 0. The van der Waals surface area contributed by atoms with Gasteiger partial charge in [-0.15, -0.1) is 0 Å². The highest BCUT2D eigenvalue weighted by molar-refractivity contribution is 5.85. The number of hydrogen-bond donors (Lipinski definition) is 1. The molecule has 0 aromatic rings. The molecule has 0 aromatic carbocycles. The minimum absolute atomic E-state index is 0.0109. The van der Waals surface area contributed by atoms with Gasteiger partial charge in [0.15, 0.2) is 0 Å². The van der Waals surface area contributed by atoms with E-state index < -0.39 is 12.0 Å². The summed E-state index contributed by atoms with van der Waals surface area (Å²) in [6, 6.07) is -0.609. The van der Waals surface area contributed by atoms with E-state index in [9.17, 15) is 9.59 Å². The van der Waals surface area contributed by atoms with Gasteiger partial charge in [-0.25, -0.2) is 4.79 Å². The van der Waals surface area contributed by atoms with E-state index in [4.69, 9.17) is 0 Å². The third-order valence-corrected chi connectivity index (χ3v) is 1.71. The van der Waals surface area contributed by atoms with Crippen LogP contribution in [0.15, 0.2) is 0 Å². The first-order valence-corrected chi connectivity index (χ1v) is 4.39. The smallest absolute Gasteiger partial charge is 0.328 e. The highest BCUT2D eigenvalue weighted by atomic mass is 16.5. The molecule has 0 fully saturated rings. The number of hydrogen-bond acceptors (Lipinski definition) is 4. The Kier molecular flexibility index (Phi) is 5.87. The number of amides is 1. The van der Waals surface area contributed by atoms with Crippen LogP contribution in [0.3, 0.4) is 0 Å². The zero-order valence-electron chi connectivity index (χ0n) is 8.99. The Morgan fingerprint density at radius 2 is 1.86 bits per heavy atom. The van der Waals surface area contributed by atoms with E-state index >= 15 is 0 Å². The second kappa shape index (κ2) is 6.37. The fourth-order valence-electron chi connectivity index (χ4n) is 0.971. The van der Waals surface area contributed by atoms with Crippen molar-refractivity contribution in [3.05, 3.63) is 0 Å². The highest BCUT2D eigenvalue weighted by Crippen LogP contribution is 2.03. The average molecular weight is 203 g/mol. The molecular formula is C9H17NO4. The predicted molar refractivity (Wildman–Crippen MR) is 50.7 cm³/mol. The molecule has 0 aromatic heterocycles. The molecule has 0 aliphatic rings. The van der Waals surface area contributed by atoms with E-state index in [1.54, 1.807) is 0 Å². The quantitative estimate of drug-likeness (QED) is 0.636. The Morgan fingerprint density at radius 3 is 2.21 bits per heavy atom. The van der Waals surface area contributed by atoms with Crippen molar-refractivity contribution in [2.75, 3.05) is 20.8 Å². The highest BCUT2D eigenvalue weighted by Gasteiger charge is 2.24. The lowest BCUT2D eigenvalue weighted by molar-refractivity contribution is -0.146. The largest absolute Gasteiger partial charge is 0.467 e. The molecule has 1 N–H and O–H groups in total. The fourth-order valence-corrected chi connectivity index (χ4v) is 0.971. The molecule has 0 rings (SSSR count). The molecule has 0 heterocycles. The van der Waals surface area contributed by atoms with Crippen LogP contribution in [0.4, 0.5) is 0 Å².